The zero-order chi connectivity index (χ0) is 22.9. The van der Waals surface area contributed by atoms with Crippen molar-refractivity contribution in [1.82, 2.24) is 15.2 Å². The lowest BCUT2D eigenvalue weighted by Crippen LogP contribution is -2.55. The van der Waals surface area contributed by atoms with Crippen molar-refractivity contribution >= 4 is 35.6 Å². The topological polar surface area (TPSA) is 109 Å². The molecular formula is C23H33ClN4O3S. The molecule has 1 aliphatic rings. The second-order valence-electron chi connectivity index (χ2n) is 9.36. The van der Waals surface area contributed by atoms with Crippen LogP contribution in [0, 0.1) is 12.3 Å². The second-order valence-corrected chi connectivity index (χ2v) is 10.2. The first-order valence-electron chi connectivity index (χ1n) is 10.5. The summed E-state index contributed by atoms with van der Waals surface area (Å²) in [7, 11) is 0. The quantitative estimate of drug-likeness (QED) is 0.609. The number of aliphatic hydroxyl groups is 1. The van der Waals surface area contributed by atoms with Crippen LogP contribution in [0.3, 0.4) is 0 Å². The molecule has 0 spiro atoms. The molecule has 1 saturated heterocycles. The molecule has 9 heteroatoms. The first-order valence-corrected chi connectivity index (χ1v) is 11.4. The molecule has 2 aromatic rings. The van der Waals surface area contributed by atoms with Crippen LogP contribution in [0.2, 0.25) is 0 Å². The largest absolute Gasteiger partial charge is 0.391 e. The lowest BCUT2D eigenvalue weighted by atomic mass is 9.86. The van der Waals surface area contributed by atoms with Gasteiger partial charge >= 0.3 is 0 Å². The third-order valence-corrected chi connectivity index (χ3v) is 6.82. The van der Waals surface area contributed by atoms with Gasteiger partial charge in [-0.1, -0.05) is 45.0 Å². The van der Waals surface area contributed by atoms with E-state index in [1.165, 1.54) is 4.90 Å². The molecule has 0 aliphatic carbocycles. The van der Waals surface area contributed by atoms with Crippen LogP contribution < -0.4 is 11.1 Å². The summed E-state index contributed by atoms with van der Waals surface area (Å²) >= 11 is 1.60. The number of carbonyl (C=O) groups is 2. The molecule has 0 saturated carbocycles. The highest BCUT2D eigenvalue weighted by molar-refractivity contribution is 7.13. The first kappa shape index (κ1) is 26.3. The van der Waals surface area contributed by atoms with Crippen LogP contribution in [0.5, 0.6) is 0 Å². The monoisotopic (exact) mass is 480 g/mol. The Labute approximate surface area is 199 Å². The van der Waals surface area contributed by atoms with Gasteiger partial charge in [-0.3, -0.25) is 9.59 Å². The Morgan fingerprint density at radius 2 is 1.91 bits per heavy atom. The number of rotatable bonds is 5. The van der Waals surface area contributed by atoms with E-state index in [-0.39, 0.29) is 43.2 Å². The summed E-state index contributed by atoms with van der Waals surface area (Å²) in [6, 6.07) is 6.32. The van der Waals surface area contributed by atoms with E-state index in [1.54, 1.807) is 11.3 Å². The summed E-state index contributed by atoms with van der Waals surface area (Å²) in [6.45, 7) is 9.67. The molecule has 2 unspecified atom stereocenters. The van der Waals surface area contributed by atoms with Crippen molar-refractivity contribution in [2.45, 2.75) is 65.3 Å². The smallest absolute Gasteiger partial charge is 0.243 e. The fourth-order valence-electron chi connectivity index (χ4n) is 3.75. The van der Waals surface area contributed by atoms with Gasteiger partial charge in [0.2, 0.25) is 11.8 Å². The standard InChI is InChI=1S/C23H32N4O3S.ClH/c1-13(15-6-8-16(9-7-15)19-14(2)25-12-31-19)26-21(29)18-10-17(28)11-27(18)22(30)20(24)23(3,4)5;/h6-9,12-13,17-18,20,28H,10-11,24H2,1-5H3,(H,26,29);1H/t13-,17?,18?,20+;/m0./s1. The number of aromatic nitrogens is 1. The van der Waals surface area contributed by atoms with Gasteiger partial charge in [0, 0.05) is 13.0 Å². The van der Waals surface area contributed by atoms with Gasteiger partial charge in [-0.25, -0.2) is 4.98 Å². The van der Waals surface area contributed by atoms with E-state index in [4.69, 9.17) is 5.73 Å². The molecule has 176 valence electrons. The Kier molecular flexibility index (Phi) is 8.44. The van der Waals surface area contributed by atoms with Gasteiger partial charge in [0.05, 0.1) is 34.3 Å². The van der Waals surface area contributed by atoms with Gasteiger partial charge < -0.3 is 21.1 Å². The number of likely N-dealkylation sites (tertiary alicyclic amines) is 1. The maximum absolute atomic E-state index is 13.0. The number of aryl methyl sites for hydroxylation is 1. The van der Waals surface area contributed by atoms with Gasteiger partial charge in [0.25, 0.3) is 0 Å². The van der Waals surface area contributed by atoms with Crippen LogP contribution in [-0.2, 0) is 9.59 Å². The number of halogens is 1. The molecule has 1 aromatic heterocycles. The van der Waals surface area contributed by atoms with E-state index in [0.717, 1.165) is 21.7 Å². The summed E-state index contributed by atoms with van der Waals surface area (Å²) in [5, 5.41) is 13.1. The number of nitrogens with two attached hydrogens (primary N) is 1. The highest BCUT2D eigenvalue weighted by Crippen LogP contribution is 2.29. The summed E-state index contributed by atoms with van der Waals surface area (Å²) in [4.78, 5) is 32.7. The summed E-state index contributed by atoms with van der Waals surface area (Å²) < 4.78 is 0. The van der Waals surface area contributed by atoms with E-state index in [2.05, 4.69) is 10.3 Å². The molecule has 1 aliphatic heterocycles. The maximum Gasteiger partial charge on any atom is 0.243 e. The number of thiazole rings is 1. The van der Waals surface area contributed by atoms with E-state index >= 15 is 0 Å². The van der Waals surface area contributed by atoms with Crippen LogP contribution in [0.25, 0.3) is 10.4 Å². The molecule has 0 radical (unpaired) electrons. The summed E-state index contributed by atoms with van der Waals surface area (Å²) in [5.74, 6) is -0.581. The van der Waals surface area contributed by atoms with Gasteiger partial charge in [0.1, 0.15) is 6.04 Å². The molecule has 4 N–H and O–H groups in total. The van der Waals surface area contributed by atoms with Crippen molar-refractivity contribution in [3.63, 3.8) is 0 Å². The number of hydrogen-bond donors (Lipinski definition) is 3. The van der Waals surface area contributed by atoms with Crippen molar-refractivity contribution in [1.29, 1.82) is 0 Å². The first-order chi connectivity index (χ1) is 14.5. The fraction of sp³-hybridized carbons (Fsp3) is 0.522. The number of hydrogen-bond acceptors (Lipinski definition) is 6. The lowest BCUT2D eigenvalue weighted by molar-refractivity contribution is -0.141. The normalized spacial score (nSPS) is 20.4. The SMILES string of the molecule is Cc1ncsc1-c1ccc([C@H](C)NC(=O)C2CC(O)CN2C(=O)[C@@H](N)C(C)(C)C)cc1.Cl. The van der Waals surface area contributed by atoms with E-state index in [1.807, 2.05) is 64.4 Å². The summed E-state index contributed by atoms with van der Waals surface area (Å²) in [5.41, 5.74) is 10.6. The molecule has 7 nitrogen and oxygen atoms in total. The average Bonchev–Trinajstić information content (AvgIpc) is 3.31. The van der Waals surface area contributed by atoms with Crippen molar-refractivity contribution < 1.29 is 14.7 Å². The number of nitrogens with one attached hydrogen (secondary N) is 1. The summed E-state index contributed by atoms with van der Waals surface area (Å²) in [6.07, 6.45) is -0.519. The number of β-amino-alcohol motifs (C(OH)–C–C–N with tert-alkyl or cyclic N) is 1. The van der Waals surface area contributed by atoms with Crippen LogP contribution in [0.15, 0.2) is 29.8 Å². The number of nitrogens with zero attached hydrogens (tertiary/aromatic N) is 2. The zero-order valence-corrected chi connectivity index (χ0v) is 20.8. The minimum Gasteiger partial charge on any atom is -0.391 e. The Bertz CT molecular complexity index is 941. The second kappa shape index (κ2) is 10.3. The maximum atomic E-state index is 13.0. The molecule has 1 fully saturated rings. The minimum atomic E-state index is -0.742. The number of aliphatic hydroxyl groups excluding tert-OH is 1. The van der Waals surface area contributed by atoms with Crippen molar-refractivity contribution in [3.8, 4) is 10.4 Å². The lowest BCUT2D eigenvalue weighted by Gasteiger charge is -2.32. The van der Waals surface area contributed by atoms with Crippen LogP contribution in [0.4, 0.5) is 0 Å². The molecule has 4 atom stereocenters. The predicted molar refractivity (Wildman–Crippen MR) is 130 cm³/mol. The van der Waals surface area contributed by atoms with Crippen LogP contribution >= 0.6 is 23.7 Å². The van der Waals surface area contributed by atoms with E-state index < -0.39 is 23.6 Å². The predicted octanol–water partition coefficient (Wildman–Crippen LogP) is 3.05. The highest BCUT2D eigenvalue weighted by Gasteiger charge is 2.42. The molecule has 2 heterocycles. The van der Waals surface area contributed by atoms with Gasteiger partial charge in [-0.15, -0.1) is 23.7 Å². The number of benzene rings is 1. The Morgan fingerprint density at radius 1 is 1.28 bits per heavy atom. The molecule has 3 rings (SSSR count). The van der Waals surface area contributed by atoms with Gasteiger partial charge in [-0.05, 0) is 30.4 Å². The van der Waals surface area contributed by atoms with Gasteiger partial charge in [0.15, 0.2) is 0 Å². The van der Waals surface area contributed by atoms with E-state index in [9.17, 15) is 14.7 Å². The average molecular weight is 481 g/mol. The molecule has 2 amide bonds. The Morgan fingerprint density at radius 3 is 2.44 bits per heavy atom. The Hall–Kier alpha value is -2.00. The van der Waals surface area contributed by atoms with Crippen molar-refractivity contribution in [2.75, 3.05) is 6.54 Å². The van der Waals surface area contributed by atoms with Crippen LogP contribution in [0.1, 0.15) is 51.4 Å². The molecule has 0 bridgehead atoms. The number of carbonyl (C=O) groups excluding carboxylic acids is 2. The van der Waals surface area contributed by atoms with Gasteiger partial charge in [-0.2, -0.15) is 0 Å². The highest BCUT2D eigenvalue weighted by atomic mass is 35.5. The van der Waals surface area contributed by atoms with Crippen molar-refractivity contribution in [3.05, 3.63) is 41.0 Å². The molecule has 32 heavy (non-hydrogen) atoms. The fourth-order valence-corrected chi connectivity index (χ4v) is 4.56. The number of amides is 2. The molecule has 1 aromatic carbocycles. The van der Waals surface area contributed by atoms with Crippen molar-refractivity contribution in [2.24, 2.45) is 11.1 Å². The molecular weight excluding hydrogens is 448 g/mol. The third kappa shape index (κ3) is 5.67. The van der Waals surface area contributed by atoms with Crippen LogP contribution in [-0.4, -0.2) is 51.5 Å². The third-order valence-electron chi connectivity index (χ3n) is 5.84. The zero-order valence-electron chi connectivity index (χ0n) is 19.2. The van der Waals surface area contributed by atoms with E-state index in [0.29, 0.717) is 0 Å². The Balaban J connectivity index is 0.00000363. The minimum absolute atomic E-state index is 0.